The van der Waals surface area contributed by atoms with E-state index in [2.05, 4.69) is 46.7 Å². The van der Waals surface area contributed by atoms with Gasteiger partial charge in [0.15, 0.2) is 0 Å². The van der Waals surface area contributed by atoms with E-state index >= 15 is 0 Å². The first-order chi connectivity index (χ1) is 10.0. The van der Waals surface area contributed by atoms with Crippen molar-refractivity contribution >= 4 is 0 Å². The van der Waals surface area contributed by atoms with E-state index in [1.807, 2.05) is 31.0 Å². The summed E-state index contributed by atoms with van der Waals surface area (Å²) < 4.78 is 2.15. The monoisotopic (exact) mass is 284 g/mol. The normalized spacial score (nSPS) is 19.5. The van der Waals surface area contributed by atoms with Crippen molar-refractivity contribution in [3.05, 3.63) is 48.3 Å². The van der Waals surface area contributed by atoms with E-state index < -0.39 is 0 Å². The first kappa shape index (κ1) is 14.3. The van der Waals surface area contributed by atoms with Gasteiger partial charge in [-0.05, 0) is 29.9 Å². The smallest absolute Gasteiger partial charge is 0.0946 e. The van der Waals surface area contributed by atoms with Crippen LogP contribution in [-0.4, -0.2) is 20.6 Å². The van der Waals surface area contributed by atoms with Crippen LogP contribution in [0.3, 0.4) is 0 Å². The number of pyridine rings is 1. The van der Waals surface area contributed by atoms with E-state index in [0.29, 0.717) is 12.1 Å². The summed E-state index contributed by atoms with van der Waals surface area (Å²) in [6.45, 7) is 7.80. The SMILES string of the molecule is CC(C)(C)C(Cn1ccnc1)NC1CCc2cccnc21. The number of hydrogen-bond acceptors (Lipinski definition) is 3. The van der Waals surface area contributed by atoms with Crippen molar-refractivity contribution in [2.75, 3.05) is 0 Å². The van der Waals surface area contributed by atoms with Gasteiger partial charge in [0.1, 0.15) is 0 Å². The molecule has 0 amide bonds. The predicted molar refractivity (Wildman–Crippen MR) is 83.9 cm³/mol. The fraction of sp³-hybridized carbons (Fsp3) is 0.529. The quantitative estimate of drug-likeness (QED) is 0.938. The van der Waals surface area contributed by atoms with Gasteiger partial charge >= 0.3 is 0 Å². The Morgan fingerprint density at radius 1 is 1.38 bits per heavy atom. The molecule has 0 fully saturated rings. The number of hydrogen-bond donors (Lipinski definition) is 1. The summed E-state index contributed by atoms with van der Waals surface area (Å²) >= 11 is 0. The molecule has 2 atom stereocenters. The highest BCUT2D eigenvalue weighted by Gasteiger charge is 2.31. The molecule has 0 spiro atoms. The van der Waals surface area contributed by atoms with Crippen molar-refractivity contribution < 1.29 is 0 Å². The highest BCUT2D eigenvalue weighted by molar-refractivity contribution is 5.28. The molecule has 1 aliphatic carbocycles. The largest absolute Gasteiger partial charge is 0.336 e. The minimum atomic E-state index is 0.182. The molecule has 1 aliphatic rings. The first-order valence-electron chi connectivity index (χ1n) is 7.69. The van der Waals surface area contributed by atoms with Crippen LogP contribution in [0.2, 0.25) is 0 Å². The molecule has 2 unspecified atom stereocenters. The van der Waals surface area contributed by atoms with Gasteiger partial charge in [-0.1, -0.05) is 26.8 Å². The maximum absolute atomic E-state index is 4.59. The van der Waals surface area contributed by atoms with Crippen molar-refractivity contribution in [1.82, 2.24) is 19.9 Å². The topological polar surface area (TPSA) is 42.7 Å². The highest BCUT2D eigenvalue weighted by atomic mass is 15.1. The van der Waals surface area contributed by atoms with Crippen LogP contribution < -0.4 is 5.32 Å². The lowest BCUT2D eigenvalue weighted by atomic mass is 9.86. The fourth-order valence-electron chi connectivity index (χ4n) is 3.00. The number of nitrogens with zero attached hydrogens (tertiary/aromatic N) is 3. The summed E-state index contributed by atoms with van der Waals surface area (Å²) in [7, 11) is 0. The van der Waals surface area contributed by atoms with Crippen molar-refractivity contribution in [2.24, 2.45) is 5.41 Å². The van der Waals surface area contributed by atoms with E-state index in [0.717, 1.165) is 19.4 Å². The summed E-state index contributed by atoms with van der Waals surface area (Å²) in [6, 6.07) is 4.98. The molecular formula is C17H24N4. The summed E-state index contributed by atoms with van der Waals surface area (Å²) in [5.41, 5.74) is 2.81. The second-order valence-corrected chi connectivity index (χ2v) is 6.98. The zero-order valence-corrected chi connectivity index (χ0v) is 13.1. The molecule has 2 aromatic rings. The van der Waals surface area contributed by atoms with Gasteiger partial charge in [-0.15, -0.1) is 0 Å². The van der Waals surface area contributed by atoms with E-state index in [1.54, 1.807) is 0 Å². The van der Waals surface area contributed by atoms with E-state index in [1.165, 1.54) is 11.3 Å². The average molecular weight is 284 g/mol. The Morgan fingerprint density at radius 2 is 2.24 bits per heavy atom. The molecule has 2 heterocycles. The van der Waals surface area contributed by atoms with Gasteiger partial charge < -0.3 is 9.88 Å². The molecule has 0 bridgehead atoms. The third kappa shape index (κ3) is 3.16. The number of aromatic nitrogens is 3. The van der Waals surface area contributed by atoms with Gasteiger partial charge in [-0.3, -0.25) is 4.98 Å². The van der Waals surface area contributed by atoms with Gasteiger partial charge in [0.25, 0.3) is 0 Å². The van der Waals surface area contributed by atoms with E-state index in [9.17, 15) is 0 Å². The van der Waals surface area contributed by atoms with Crippen LogP contribution in [0.1, 0.15) is 44.5 Å². The Kier molecular flexibility index (Phi) is 3.81. The van der Waals surface area contributed by atoms with Gasteiger partial charge in [-0.25, -0.2) is 4.98 Å². The van der Waals surface area contributed by atoms with Crippen LogP contribution >= 0.6 is 0 Å². The Hall–Kier alpha value is -1.68. The molecule has 0 saturated carbocycles. The number of aryl methyl sites for hydroxylation is 1. The molecule has 4 nitrogen and oxygen atoms in total. The molecule has 0 saturated heterocycles. The lowest BCUT2D eigenvalue weighted by molar-refractivity contribution is 0.220. The lowest BCUT2D eigenvalue weighted by Crippen LogP contribution is -2.44. The Morgan fingerprint density at radius 3 is 2.95 bits per heavy atom. The third-order valence-electron chi connectivity index (χ3n) is 4.36. The van der Waals surface area contributed by atoms with E-state index in [4.69, 9.17) is 0 Å². The summed E-state index contributed by atoms with van der Waals surface area (Å²) in [4.78, 5) is 8.74. The molecule has 112 valence electrons. The number of nitrogens with one attached hydrogen (secondary N) is 1. The minimum Gasteiger partial charge on any atom is -0.336 e. The van der Waals surface area contributed by atoms with Crippen LogP contribution in [0.15, 0.2) is 37.1 Å². The van der Waals surface area contributed by atoms with Gasteiger partial charge in [0.2, 0.25) is 0 Å². The van der Waals surface area contributed by atoms with Crippen LogP contribution in [0.25, 0.3) is 0 Å². The maximum Gasteiger partial charge on any atom is 0.0946 e. The molecule has 3 rings (SSSR count). The molecule has 2 aromatic heterocycles. The Labute approximate surface area is 126 Å². The van der Waals surface area contributed by atoms with Crippen LogP contribution in [0, 0.1) is 5.41 Å². The second-order valence-electron chi connectivity index (χ2n) is 6.98. The molecule has 0 radical (unpaired) electrons. The second kappa shape index (κ2) is 5.60. The molecular weight excluding hydrogens is 260 g/mol. The molecule has 0 aliphatic heterocycles. The van der Waals surface area contributed by atoms with Crippen molar-refractivity contribution in [3.8, 4) is 0 Å². The third-order valence-corrected chi connectivity index (χ3v) is 4.36. The van der Waals surface area contributed by atoms with Crippen LogP contribution in [0.5, 0.6) is 0 Å². The van der Waals surface area contributed by atoms with Crippen LogP contribution in [0.4, 0.5) is 0 Å². The van der Waals surface area contributed by atoms with Gasteiger partial charge in [0, 0.05) is 31.2 Å². The molecule has 1 N–H and O–H groups in total. The van der Waals surface area contributed by atoms with Gasteiger partial charge in [-0.2, -0.15) is 0 Å². The zero-order chi connectivity index (χ0) is 14.9. The summed E-state index contributed by atoms with van der Waals surface area (Å²) in [6.07, 6.45) is 9.93. The summed E-state index contributed by atoms with van der Waals surface area (Å²) in [5.74, 6) is 0. The first-order valence-corrected chi connectivity index (χ1v) is 7.69. The highest BCUT2D eigenvalue weighted by Crippen LogP contribution is 2.32. The standard InChI is InChI=1S/C17H24N4/c1-17(2,3)15(11-21-10-9-18-12-21)20-14-7-6-13-5-4-8-19-16(13)14/h4-5,8-10,12,14-15,20H,6-7,11H2,1-3H3. The summed E-state index contributed by atoms with van der Waals surface area (Å²) in [5, 5.41) is 3.84. The van der Waals surface area contributed by atoms with Crippen LogP contribution in [-0.2, 0) is 13.0 Å². The zero-order valence-electron chi connectivity index (χ0n) is 13.1. The number of imidazole rings is 1. The number of rotatable bonds is 4. The molecule has 0 aromatic carbocycles. The molecule has 4 heteroatoms. The fourth-order valence-corrected chi connectivity index (χ4v) is 3.00. The van der Waals surface area contributed by atoms with E-state index in [-0.39, 0.29) is 5.41 Å². The average Bonchev–Trinajstić information content (AvgIpc) is 3.07. The van der Waals surface area contributed by atoms with Crippen molar-refractivity contribution in [1.29, 1.82) is 0 Å². The van der Waals surface area contributed by atoms with Gasteiger partial charge in [0.05, 0.1) is 18.1 Å². The van der Waals surface area contributed by atoms with Crippen molar-refractivity contribution in [2.45, 2.75) is 52.2 Å². The minimum absolute atomic E-state index is 0.182. The Bertz CT molecular complexity index is 583. The lowest BCUT2D eigenvalue weighted by Gasteiger charge is -2.34. The molecule has 21 heavy (non-hydrogen) atoms. The number of fused-ring (bicyclic) bond motifs is 1. The Balaban J connectivity index is 1.76. The predicted octanol–water partition coefficient (Wildman–Crippen LogP) is 2.97. The van der Waals surface area contributed by atoms with Crippen molar-refractivity contribution in [3.63, 3.8) is 0 Å². The maximum atomic E-state index is 4.59.